The SMILES string of the molecule is CCOC(=O)CC#Cc1c(C(C)C)cccc1C(C)C. The lowest BCUT2D eigenvalue weighted by molar-refractivity contribution is -0.141. The molecule has 0 unspecified atom stereocenters. The van der Waals surface area contributed by atoms with Crippen molar-refractivity contribution in [3.8, 4) is 11.8 Å². The van der Waals surface area contributed by atoms with Crippen molar-refractivity contribution in [1.82, 2.24) is 0 Å². The largest absolute Gasteiger partial charge is 0.465 e. The first-order valence-electron chi connectivity index (χ1n) is 7.24. The lowest BCUT2D eigenvalue weighted by Gasteiger charge is -2.15. The van der Waals surface area contributed by atoms with Gasteiger partial charge in [0.25, 0.3) is 0 Å². The Hall–Kier alpha value is -1.75. The van der Waals surface area contributed by atoms with Crippen LogP contribution in [-0.2, 0) is 9.53 Å². The van der Waals surface area contributed by atoms with Gasteiger partial charge in [0.15, 0.2) is 0 Å². The van der Waals surface area contributed by atoms with E-state index in [0.29, 0.717) is 18.4 Å². The minimum Gasteiger partial charge on any atom is -0.465 e. The molecule has 0 saturated heterocycles. The first kappa shape index (κ1) is 16.3. The van der Waals surface area contributed by atoms with Crippen LogP contribution in [-0.4, -0.2) is 12.6 Å². The molecule has 0 aliphatic heterocycles. The van der Waals surface area contributed by atoms with Crippen molar-refractivity contribution in [3.63, 3.8) is 0 Å². The molecule has 0 N–H and O–H groups in total. The standard InChI is InChI=1S/C18H24O2/c1-6-20-18(19)12-8-11-17-15(13(2)3)9-7-10-16(17)14(4)5/h7,9-10,13-14H,6,12H2,1-5H3. The summed E-state index contributed by atoms with van der Waals surface area (Å²) in [5.74, 6) is 6.71. The zero-order chi connectivity index (χ0) is 15.1. The second-order valence-corrected chi connectivity index (χ2v) is 5.40. The van der Waals surface area contributed by atoms with Crippen LogP contribution in [0, 0.1) is 11.8 Å². The molecular formula is C18H24O2. The zero-order valence-electron chi connectivity index (χ0n) is 13.1. The van der Waals surface area contributed by atoms with E-state index in [4.69, 9.17) is 4.74 Å². The average Bonchev–Trinajstić information content (AvgIpc) is 2.38. The van der Waals surface area contributed by atoms with E-state index in [9.17, 15) is 4.79 Å². The van der Waals surface area contributed by atoms with Crippen molar-refractivity contribution >= 4 is 5.97 Å². The van der Waals surface area contributed by atoms with Crippen LogP contribution in [0.2, 0.25) is 0 Å². The molecule has 0 aliphatic carbocycles. The van der Waals surface area contributed by atoms with Gasteiger partial charge in [0, 0.05) is 5.56 Å². The Morgan fingerprint density at radius 2 is 1.70 bits per heavy atom. The molecule has 0 bridgehead atoms. The maximum absolute atomic E-state index is 11.3. The summed E-state index contributed by atoms with van der Waals surface area (Å²) in [6, 6.07) is 6.32. The van der Waals surface area contributed by atoms with Crippen molar-refractivity contribution in [2.24, 2.45) is 0 Å². The molecule has 2 heteroatoms. The highest BCUT2D eigenvalue weighted by molar-refractivity contribution is 5.72. The van der Waals surface area contributed by atoms with Crippen LogP contribution in [0.15, 0.2) is 18.2 Å². The molecule has 108 valence electrons. The third-order valence-corrected chi connectivity index (χ3v) is 3.12. The maximum Gasteiger partial charge on any atom is 0.317 e. The van der Waals surface area contributed by atoms with Gasteiger partial charge in [-0.05, 0) is 29.9 Å². The van der Waals surface area contributed by atoms with Gasteiger partial charge in [0.05, 0.1) is 6.61 Å². The Bertz CT molecular complexity index is 490. The van der Waals surface area contributed by atoms with Gasteiger partial charge in [-0.1, -0.05) is 57.7 Å². The van der Waals surface area contributed by atoms with Gasteiger partial charge in [-0.25, -0.2) is 0 Å². The summed E-state index contributed by atoms with van der Waals surface area (Å²) in [5, 5.41) is 0. The van der Waals surface area contributed by atoms with Crippen molar-refractivity contribution in [2.45, 2.75) is 52.9 Å². The number of hydrogen-bond donors (Lipinski definition) is 0. The molecule has 0 radical (unpaired) electrons. The molecule has 1 aromatic carbocycles. The molecule has 20 heavy (non-hydrogen) atoms. The Labute approximate surface area is 122 Å². The van der Waals surface area contributed by atoms with Crippen molar-refractivity contribution in [1.29, 1.82) is 0 Å². The summed E-state index contributed by atoms with van der Waals surface area (Å²) in [4.78, 5) is 11.3. The van der Waals surface area contributed by atoms with Gasteiger partial charge in [0.2, 0.25) is 0 Å². The van der Waals surface area contributed by atoms with E-state index in [1.165, 1.54) is 11.1 Å². The topological polar surface area (TPSA) is 26.3 Å². The molecule has 1 rings (SSSR count). The van der Waals surface area contributed by atoms with Crippen LogP contribution in [0.3, 0.4) is 0 Å². The van der Waals surface area contributed by atoms with Gasteiger partial charge in [-0.2, -0.15) is 0 Å². The molecule has 0 saturated carbocycles. The van der Waals surface area contributed by atoms with Crippen molar-refractivity contribution in [3.05, 3.63) is 34.9 Å². The van der Waals surface area contributed by atoms with E-state index in [1.807, 2.05) is 0 Å². The highest BCUT2D eigenvalue weighted by Gasteiger charge is 2.11. The van der Waals surface area contributed by atoms with E-state index in [1.54, 1.807) is 6.92 Å². The van der Waals surface area contributed by atoms with Crippen LogP contribution in [0.1, 0.15) is 69.6 Å². The van der Waals surface area contributed by atoms with Gasteiger partial charge in [0.1, 0.15) is 6.42 Å². The Kier molecular flexibility index (Phi) is 6.31. The molecule has 0 aliphatic rings. The quantitative estimate of drug-likeness (QED) is 0.605. The summed E-state index contributed by atoms with van der Waals surface area (Å²) in [6.45, 7) is 10.9. The normalized spacial score (nSPS) is 10.3. The van der Waals surface area contributed by atoms with E-state index in [0.717, 1.165) is 5.56 Å². The van der Waals surface area contributed by atoms with Gasteiger partial charge >= 0.3 is 5.97 Å². The summed E-state index contributed by atoms with van der Waals surface area (Å²) < 4.78 is 4.89. The second kappa shape index (κ2) is 7.75. The number of rotatable bonds is 4. The number of hydrogen-bond acceptors (Lipinski definition) is 2. The number of ether oxygens (including phenoxy) is 1. The van der Waals surface area contributed by atoms with Crippen LogP contribution >= 0.6 is 0 Å². The predicted octanol–water partition coefficient (Wildman–Crippen LogP) is 4.24. The fraction of sp³-hybridized carbons (Fsp3) is 0.500. The Morgan fingerprint density at radius 3 is 2.15 bits per heavy atom. The fourth-order valence-electron chi connectivity index (χ4n) is 2.11. The number of benzene rings is 1. The summed E-state index contributed by atoms with van der Waals surface area (Å²) >= 11 is 0. The first-order chi connectivity index (χ1) is 9.47. The lowest BCUT2D eigenvalue weighted by Crippen LogP contribution is -2.03. The summed E-state index contributed by atoms with van der Waals surface area (Å²) in [7, 11) is 0. The van der Waals surface area contributed by atoms with Crippen LogP contribution in [0.25, 0.3) is 0 Å². The smallest absolute Gasteiger partial charge is 0.317 e. The Morgan fingerprint density at radius 1 is 1.15 bits per heavy atom. The third-order valence-electron chi connectivity index (χ3n) is 3.12. The van der Waals surface area contributed by atoms with Gasteiger partial charge < -0.3 is 4.74 Å². The minimum atomic E-state index is -0.256. The van der Waals surface area contributed by atoms with Crippen LogP contribution < -0.4 is 0 Å². The minimum absolute atomic E-state index is 0.151. The lowest BCUT2D eigenvalue weighted by atomic mass is 9.89. The molecule has 0 fully saturated rings. The number of carbonyl (C=O) groups is 1. The zero-order valence-corrected chi connectivity index (χ0v) is 13.1. The van der Waals surface area contributed by atoms with E-state index >= 15 is 0 Å². The molecule has 0 spiro atoms. The summed E-state index contributed by atoms with van der Waals surface area (Å²) in [5.41, 5.74) is 3.56. The van der Waals surface area contributed by atoms with Crippen LogP contribution in [0.5, 0.6) is 0 Å². The first-order valence-corrected chi connectivity index (χ1v) is 7.24. The highest BCUT2D eigenvalue weighted by atomic mass is 16.5. The Balaban J connectivity index is 3.08. The van der Waals surface area contributed by atoms with Gasteiger partial charge in [-0.3, -0.25) is 4.79 Å². The molecule has 0 heterocycles. The second-order valence-electron chi connectivity index (χ2n) is 5.40. The molecule has 0 aromatic heterocycles. The van der Waals surface area contributed by atoms with E-state index in [2.05, 4.69) is 57.7 Å². The van der Waals surface area contributed by atoms with Crippen molar-refractivity contribution < 1.29 is 9.53 Å². The molecular weight excluding hydrogens is 248 g/mol. The van der Waals surface area contributed by atoms with Crippen LogP contribution in [0.4, 0.5) is 0 Å². The molecule has 0 atom stereocenters. The van der Waals surface area contributed by atoms with E-state index < -0.39 is 0 Å². The van der Waals surface area contributed by atoms with Crippen molar-refractivity contribution in [2.75, 3.05) is 6.61 Å². The number of carbonyl (C=O) groups excluding carboxylic acids is 1. The maximum atomic E-state index is 11.3. The monoisotopic (exact) mass is 272 g/mol. The average molecular weight is 272 g/mol. The van der Waals surface area contributed by atoms with Gasteiger partial charge in [-0.15, -0.1) is 0 Å². The van der Waals surface area contributed by atoms with E-state index in [-0.39, 0.29) is 12.4 Å². The molecule has 1 aromatic rings. The highest BCUT2D eigenvalue weighted by Crippen LogP contribution is 2.26. The third kappa shape index (κ3) is 4.42. The number of esters is 1. The fourth-order valence-corrected chi connectivity index (χ4v) is 2.11. The predicted molar refractivity (Wildman–Crippen MR) is 82.7 cm³/mol. The summed E-state index contributed by atoms with van der Waals surface area (Å²) in [6.07, 6.45) is 0.151. The molecule has 0 amide bonds. The molecule has 2 nitrogen and oxygen atoms in total.